The number of carbonyl (C=O) groups excluding carboxylic acids is 4. The lowest BCUT2D eigenvalue weighted by Gasteiger charge is -2.43. The van der Waals surface area contributed by atoms with Crippen LogP contribution in [0.3, 0.4) is 0 Å². The summed E-state index contributed by atoms with van der Waals surface area (Å²) in [5, 5.41) is 41.2. The molecule has 15 heteroatoms. The van der Waals surface area contributed by atoms with Crippen molar-refractivity contribution in [3.8, 4) is 0 Å². The van der Waals surface area contributed by atoms with Crippen molar-refractivity contribution in [3.63, 3.8) is 0 Å². The highest BCUT2D eigenvalue weighted by atomic mass is 16.9. The van der Waals surface area contributed by atoms with E-state index in [0.717, 1.165) is 0 Å². The number of rotatable bonds is 16. The van der Waals surface area contributed by atoms with Crippen LogP contribution in [0.1, 0.15) is 81.1 Å². The number of hydrogen-bond donors (Lipinski definition) is 4. The molecule has 2 rings (SSSR count). The van der Waals surface area contributed by atoms with Gasteiger partial charge in [-0.25, -0.2) is 0 Å². The molecule has 0 bridgehead atoms. The summed E-state index contributed by atoms with van der Waals surface area (Å²) in [5.74, 6) is -6.45. The Bertz CT molecular complexity index is 1010. The molecule has 0 amide bonds. The molecule has 2 aliphatic rings. The largest absolute Gasteiger partial charge is 0.463 e. The summed E-state index contributed by atoms with van der Waals surface area (Å²) in [6.07, 6.45) is -14.2. The molecule has 0 radical (unpaired) electrons. The van der Waals surface area contributed by atoms with Crippen molar-refractivity contribution in [1.82, 2.24) is 0 Å². The van der Waals surface area contributed by atoms with Crippen LogP contribution in [0.5, 0.6) is 0 Å². The summed E-state index contributed by atoms with van der Waals surface area (Å²) in [7, 11) is 0. The highest BCUT2D eigenvalue weighted by molar-refractivity contribution is 5.72. The lowest BCUT2D eigenvalue weighted by Crippen LogP contribution is -2.63. The molecular weight excluding hydrogens is 612 g/mol. The predicted molar refractivity (Wildman–Crippen MR) is 157 cm³/mol. The zero-order valence-corrected chi connectivity index (χ0v) is 28.0. The normalized spacial score (nSPS) is 31.4. The maximum Gasteiger partial charge on any atom is 0.375 e. The fraction of sp³-hybridized carbons (Fsp3) is 0.871. The minimum Gasteiger partial charge on any atom is -0.463 e. The number of carbonyl (C=O) groups is 4. The van der Waals surface area contributed by atoms with E-state index in [0.29, 0.717) is 0 Å². The second-order valence-corrected chi connectivity index (χ2v) is 13.5. The van der Waals surface area contributed by atoms with Crippen molar-refractivity contribution < 1.29 is 72.8 Å². The van der Waals surface area contributed by atoms with Crippen LogP contribution < -0.4 is 0 Å². The molecule has 0 aliphatic carbocycles. The summed E-state index contributed by atoms with van der Waals surface area (Å²) in [6, 6.07) is 0. The Morgan fingerprint density at radius 3 is 1.70 bits per heavy atom. The lowest BCUT2D eigenvalue weighted by atomic mass is 9.99. The molecule has 266 valence electrons. The first-order chi connectivity index (χ1) is 21.4. The maximum atomic E-state index is 13.2. The third kappa shape index (κ3) is 11.4. The maximum absolute atomic E-state index is 13.2. The van der Waals surface area contributed by atoms with Crippen LogP contribution in [0.25, 0.3) is 0 Å². The highest BCUT2D eigenvalue weighted by Crippen LogP contribution is 2.41. The van der Waals surface area contributed by atoms with Crippen LogP contribution in [0.2, 0.25) is 0 Å². The van der Waals surface area contributed by atoms with Gasteiger partial charge in [0, 0.05) is 25.7 Å². The van der Waals surface area contributed by atoms with Gasteiger partial charge in [0.2, 0.25) is 6.10 Å². The second kappa shape index (κ2) is 17.7. The van der Waals surface area contributed by atoms with Gasteiger partial charge in [0.1, 0.15) is 37.1 Å². The Morgan fingerprint density at radius 2 is 1.17 bits per heavy atom. The molecule has 46 heavy (non-hydrogen) atoms. The second-order valence-electron chi connectivity index (χ2n) is 13.5. The van der Waals surface area contributed by atoms with E-state index in [1.54, 1.807) is 41.5 Å². The van der Waals surface area contributed by atoms with Crippen LogP contribution in [-0.2, 0) is 52.3 Å². The predicted octanol–water partition coefficient (Wildman–Crippen LogP) is 0.950. The number of aliphatic hydroxyl groups is 4. The number of esters is 4. The smallest absolute Gasteiger partial charge is 0.375 e. The quantitative estimate of drug-likeness (QED) is 0.103. The van der Waals surface area contributed by atoms with Gasteiger partial charge in [-0.3, -0.25) is 23.9 Å². The van der Waals surface area contributed by atoms with Crippen LogP contribution >= 0.6 is 0 Å². The Kier molecular flexibility index (Phi) is 15.3. The highest BCUT2D eigenvalue weighted by Gasteiger charge is 2.66. The van der Waals surface area contributed by atoms with Crippen molar-refractivity contribution in [1.29, 1.82) is 0 Å². The van der Waals surface area contributed by atoms with E-state index < -0.39 is 92.1 Å². The summed E-state index contributed by atoms with van der Waals surface area (Å²) in [5.41, 5.74) is 0. The Labute approximate surface area is 269 Å². The van der Waals surface area contributed by atoms with Gasteiger partial charge in [-0.1, -0.05) is 55.4 Å². The van der Waals surface area contributed by atoms with Crippen molar-refractivity contribution in [3.05, 3.63) is 0 Å². The van der Waals surface area contributed by atoms with Crippen molar-refractivity contribution in [2.45, 2.75) is 136 Å². The van der Waals surface area contributed by atoms with Crippen LogP contribution in [0.15, 0.2) is 0 Å². The summed E-state index contributed by atoms with van der Waals surface area (Å²) in [4.78, 5) is 51.8. The minimum atomic E-state index is -2.79. The van der Waals surface area contributed by atoms with Gasteiger partial charge in [0.05, 0.1) is 6.61 Å². The van der Waals surface area contributed by atoms with Crippen molar-refractivity contribution in [2.24, 2.45) is 23.7 Å². The third-order valence-corrected chi connectivity index (χ3v) is 6.95. The van der Waals surface area contributed by atoms with Crippen molar-refractivity contribution in [2.75, 3.05) is 13.2 Å². The first-order valence-corrected chi connectivity index (χ1v) is 15.8. The first-order valence-electron chi connectivity index (χ1n) is 15.8. The van der Waals surface area contributed by atoms with Gasteiger partial charge >= 0.3 is 29.9 Å². The van der Waals surface area contributed by atoms with Crippen LogP contribution in [0, 0.1) is 23.7 Å². The molecule has 15 nitrogen and oxygen atoms in total. The molecule has 2 saturated heterocycles. The van der Waals surface area contributed by atoms with Crippen molar-refractivity contribution >= 4 is 23.9 Å². The van der Waals surface area contributed by atoms with Crippen LogP contribution in [-0.4, -0.2) is 113 Å². The summed E-state index contributed by atoms with van der Waals surface area (Å²) >= 11 is 0. The van der Waals surface area contributed by atoms with Gasteiger partial charge in [-0.2, -0.15) is 0 Å². The summed E-state index contributed by atoms with van der Waals surface area (Å²) < 4.78 is 40.2. The Morgan fingerprint density at radius 1 is 0.674 bits per heavy atom. The molecule has 0 aromatic heterocycles. The fourth-order valence-electron chi connectivity index (χ4n) is 4.83. The molecular formula is C31H52O15. The van der Waals surface area contributed by atoms with Gasteiger partial charge in [-0.15, -0.1) is 0 Å². The first kappa shape index (κ1) is 39.8. The number of ether oxygens (including phenoxy) is 7. The number of aliphatic hydroxyl groups excluding tert-OH is 4. The molecule has 0 aromatic rings. The zero-order valence-electron chi connectivity index (χ0n) is 28.0. The van der Waals surface area contributed by atoms with E-state index in [1.807, 2.05) is 13.8 Å². The van der Waals surface area contributed by atoms with E-state index in [9.17, 15) is 39.6 Å². The SMILES string of the molecule is CC(C)CC(=O)OCC1OC(OC(=O)CC(C)C)(OC2OC(CO)C(O)C(O)C2O)C(OC(=O)CC(C)C)C1OC(=O)CC(C)C. The van der Waals surface area contributed by atoms with E-state index >= 15 is 0 Å². The molecule has 4 N–H and O–H groups in total. The summed E-state index contributed by atoms with van der Waals surface area (Å²) in [6.45, 7) is 12.8. The molecule has 2 heterocycles. The van der Waals surface area contributed by atoms with Gasteiger partial charge in [0.15, 0.2) is 12.4 Å². The molecule has 0 spiro atoms. The van der Waals surface area contributed by atoms with Gasteiger partial charge in [-0.05, 0) is 23.7 Å². The lowest BCUT2D eigenvalue weighted by molar-refractivity contribution is -0.441. The van der Waals surface area contributed by atoms with E-state index in [4.69, 9.17) is 33.2 Å². The zero-order chi connectivity index (χ0) is 34.9. The minimum absolute atomic E-state index is 0.0488. The molecule has 2 fully saturated rings. The van der Waals surface area contributed by atoms with E-state index in [2.05, 4.69) is 0 Å². The average molecular weight is 665 g/mol. The number of hydrogen-bond acceptors (Lipinski definition) is 15. The standard InChI is InChI=1S/C31H52O15/c1-15(2)9-21(33)40-14-20-28(42-22(34)10-16(3)4)29(43-23(35)11-17(5)6)31(44-20,45-24(36)12-18(7)8)46-30-27(39)26(38)25(37)19(13-32)41-30/h15-20,25-30,32,37-39H,9-14H2,1-8H3. The molecule has 2 aliphatic heterocycles. The third-order valence-electron chi connectivity index (χ3n) is 6.95. The van der Waals surface area contributed by atoms with Crippen LogP contribution in [0.4, 0.5) is 0 Å². The molecule has 9 atom stereocenters. The van der Waals surface area contributed by atoms with Gasteiger partial charge < -0.3 is 48.8 Å². The average Bonchev–Trinajstić information content (AvgIpc) is 3.16. The molecule has 0 aromatic carbocycles. The fourth-order valence-corrected chi connectivity index (χ4v) is 4.83. The van der Waals surface area contributed by atoms with Gasteiger partial charge in [0.25, 0.3) is 0 Å². The van der Waals surface area contributed by atoms with E-state index in [1.165, 1.54) is 0 Å². The Hall–Kier alpha value is -2.40. The molecule has 9 unspecified atom stereocenters. The topological polar surface area (TPSA) is 214 Å². The van der Waals surface area contributed by atoms with E-state index in [-0.39, 0.29) is 49.4 Å². The molecule has 0 saturated carbocycles. The monoisotopic (exact) mass is 664 g/mol. The Balaban J connectivity index is 2.68.